The first-order chi connectivity index (χ1) is 9.72. The van der Waals surface area contributed by atoms with Crippen molar-refractivity contribution in [3.8, 4) is 5.75 Å². The van der Waals surface area contributed by atoms with E-state index in [-0.39, 0.29) is 5.75 Å². The molecule has 0 radical (unpaired) electrons. The summed E-state index contributed by atoms with van der Waals surface area (Å²) >= 11 is 6.01. The smallest absolute Gasteiger partial charge is 0.134 e. The molecule has 1 heterocycles. The van der Waals surface area contributed by atoms with Crippen LogP contribution in [0.15, 0.2) is 18.2 Å². The summed E-state index contributed by atoms with van der Waals surface area (Å²) in [4.78, 5) is 2.60. The number of hydrogen-bond donors (Lipinski definition) is 2. The van der Waals surface area contributed by atoms with Crippen LogP contribution in [0.3, 0.4) is 0 Å². The van der Waals surface area contributed by atoms with E-state index in [9.17, 15) is 5.11 Å². The molecule has 2 N–H and O–H groups in total. The van der Waals surface area contributed by atoms with E-state index in [0.29, 0.717) is 5.02 Å². The highest BCUT2D eigenvalue weighted by atomic mass is 35.5. The van der Waals surface area contributed by atoms with Crippen LogP contribution in [0.25, 0.3) is 0 Å². The van der Waals surface area contributed by atoms with Gasteiger partial charge >= 0.3 is 0 Å². The Morgan fingerprint density at radius 3 is 2.80 bits per heavy atom. The largest absolute Gasteiger partial charge is 0.506 e. The predicted octanol–water partition coefficient (Wildman–Crippen LogP) is 3.01. The third-order valence-electron chi connectivity index (χ3n) is 4.35. The molecule has 3 nitrogen and oxygen atoms in total. The minimum atomic E-state index is 0.171. The van der Waals surface area contributed by atoms with E-state index in [0.717, 1.165) is 25.0 Å². The zero-order valence-electron chi connectivity index (χ0n) is 11.8. The van der Waals surface area contributed by atoms with Gasteiger partial charge in [0.05, 0.1) is 5.02 Å². The van der Waals surface area contributed by atoms with Crippen LogP contribution in [0.1, 0.15) is 31.2 Å². The SMILES string of the molecule is Oc1ccc(CN(CC2CCCNC2)C2CC2)cc1Cl. The number of rotatable bonds is 5. The maximum atomic E-state index is 9.51. The lowest BCUT2D eigenvalue weighted by Gasteiger charge is -2.30. The van der Waals surface area contributed by atoms with E-state index >= 15 is 0 Å². The quantitative estimate of drug-likeness (QED) is 0.876. The lowest BCUT2D eigenvalue weighted by Crippen LogP contribution is -2.39. The van der Waals surface area contributed by atoms with Crippen LogP contribution in [0.4, 0.5) is 0 Å². The maximum absolute atomic E-state index is 9.51. The molecule has 0 amide bonds. The van der Waals surface area contributed by atoms with Crippen LogP contribution in [0.5, 0.6) is 5.75 Å². The molecule has 2 fully saturated rings. The minimum Gasteiger partial charge on any atom is -0.506 e. The van der Waals surface area contributed by atoms with Crippen molar-refractivity contribution < 1.29 is 5.11 Å². The highest BCUT2D eigenvalue weighted by Gasteiger charge is 2.30. The molecule has 2 aliphatic rings. The van der Waals surface area contributed by atoms with Crippen molar-refractivity contribution in [2.45, 2.75) is 38.3 Å². The number of nitrogens with one attached hydrogen (secondary N) is 1. The third kappa shape index (κ3) is 3.66. The number of phenols is 1. The zero-order chi connectivity index (χ0) is 13.9. The number of nitrogens with zero attached hydrogens (tertiary/aromatic N) is 1. The van der Waals surface area contributed by atoms with E-state index in [1.54, 1.807) is 6.07 Å². The fraction of sp³-hybridized carbons (Fsp3) is 0.625. The zero-order valence-corrected chi connectivity index (χ0v) is 12.6. The third-order valence-corrected chi connectivity index (χ3v) is 4.66. The van der Waals surface area contributed by atoms with E-state index in [2.05, 4.69) is 10.2 Å². The van der Waals surface area contributed by atoms with E-state index in [1.165, 1.54) is 44.3 Å². The molecule has 0 aromatic heterocycles. The van der Waals surface area contributed by atoms with Crippen molar-refractivity contribution in [3.63, 3.8) is 0 Å². The normalized spacial score (nSPS) is 23.2. The van der Waals surface area contributed by atoms with E-state index in [4.69, 9.17) is 11.6 Å². The monoisotopic (exact) mass is 294 g/mol. The topological polar surface area (TPSA) is 35.5 Å². The molecule has 4 heteroatoms. The first-order valence-corrected chi connectivity index (χ1v) is 8.02. The minimum absolute atomic E-state index is 0.171. The van der Waals surface area contributed by atoms with Gasteiger partial charge < -0.3 is 10.4 Å². The molecule has 1 aliphatic heterocycles. The van der Waals surface area contributed by atoms with Crippen LogP contribution >= 0.6 is 11.6 Å². The van der Waals surface area contributed by atoms with Crippen molar-refractivity contribution in [1.82, 2.24) is 10.2 Å². The van der Waals surface area contributed by atoms with Gasteiger partial charge in [0.25, 0.3) is 0 Å². The van der Waals surface area contributed by atoms with Crippen molar-refractivity contribution in [3.05, 3.63) is 28.8 Å². The highest BCUT2D eigenvalue weighted by Crippen LogP contribution is 2.31. The summed E-state index contributed by atoms with van der Waals surface area (Å²) in [7, 11) is 0. The molecule has 1 aromatic carbocycles. The van der Waals surface area contributed by atoms with Gasteiger partial charge in [-0.2, -0.15) is 0 Å². The van der Waals surface area contributed by atoms with Crippen LogP contribution < -0.4 is 5.32 Å². The molecule has 1 aromatic rings. The number of benzene rings is 1. The van der Waals surface area contributed by atoms with Crippen molar-refractivity contribution in [2.24, 2.45) is 5.92 Å². The maximum Gasteiger partial charge on any atom is 0.134 e. The molecule has 1 atom stereocenters. The van der Waals surface area contributed by atoms with Crippen LogP contribution in [0.2, 0.25) is 5.02 Å². The molecule has 0 spiro atoms. The number of hydrogen-bond acceptors (Lipinski definition) is 3. The highest BCUT2D eigenvalue weighted by molar-refractivity contribution is 6.32. The van der Waals surface area contributed by atoms with Gasteiger partial charge in [-0.25, -0.2) is 0 Å². The summed E-state index contributed by atoms with van der Waals surface area (Å²) in [5.74, 6) is 0.946. The molecule has 1 aliphatic carbocycles. The van der Waals surface area contributed by atoms with Crippen molar-refractivity contribution in [2.75, 3.05) is 19.6 Å². The van der Waals surface area contributed by atoms with Crippen molar-refractivity contribution >= 4 is 11.6 Å². The Morgan fingerprint density at radius 2 is 2.15 bits per heavy atom. The van der Waals surface area contributed by atoms with Gasteiger partial charge in [0.15, 0.2) is 0 Å². The standard InChI is InChI=1S/C16H23ClN2O/c17-15-8-12(3-6-16(15)20)10-19(14-4-5-14)11-13-2-1-7-18-9-13/h3,6,8,13-14,18,20H,1-2,4-5,7,9-11H2. The lowest BCUT2D eigenvalue weighted by atomic mass is 9.98. The predicted molar refractivity (Wildman–Crippen MR) is 82.1 cm³/mol. The Kier molecular flexibility index (Phi) is 4.49. The first-order valence-electron chi connectivity index (χ1n) is 7.64. The second-order valence-electron chi connectivity index (χ2n) is 6.16. The Morgan fingerprint density at radius 1 is 1.30 bits per heavy atom. The molecule has 3 rings (SSSR count). The Balaban J connectivity index is 1.62. The summed E-state index contributed by atoms with van der Waals surface area (Å²) in [6.07, 6.45) is 5.29. The average molecular weight is 295 g/mol. The van der Waals surface area contributed by atoms with Crippen LogP contribution in [-0.4, -0.2) is 35.7 Å². The fourth-order valence-electron chi connectivity index (χ4n) is 3.08. The van der Waals surface area contributed by atoms with Crippen LogP contribution in [0, 0.1) is 5.92 Å². The van der Waals surface area contributed by atoms with Gasteiger partial charge in [0, 0.05) is 19.1 Å². The average Bonchev–Trinajstić information content (AvgIpc) is 3.28. The second-order valence-corrected chi connectivity index (χ2v) is 6.57. The van der Waals surface area contributed by atoms with E-state index in [1.807, 2.05) is 12.1 Å². The van der Waals surface area contributed by atoms with Gasteiger partial charge in [0.1, 0.15) is 5.75 Å². The number of halogens is 1. The summed E-state index contributed by atoms with van der Waals surface area (Å²) < 4.78 is 0. The molecule has 1 saturated heterocycles. The molecule has 20 heavy (non-hydrogen) atoms. The van der Waals surface area contributed by atoms with Gasteiger partial charge in [-0.1, -0.05) is 17.7 Å². The van der Waals surface area contributed by atoms with E-state index < -0.39 is 0 Å². The number of phenolic OH excluding ortho intramolecular Hbond substituents is 1. The van der Waals surface area contributed by atoms with Crippen molar-refractivity contribution in [1.29, 1.82) is 0 Å². The fourth-order valence-corrected chi connectivity index (χ4v) is 3.28. The molecule has 1 unspecified atom stereocenters. The number of aromatic hydroxyl groups is 1. The Labute approximate surface area is 125 Å². The Bertz CT molecular complexity index is 456. The summed E-state index contributed by atoms with van der Waals surface area (Å²) in [5, 5.41) is 13.5. The number of piperidine rings is 1. The van der Waals surface area contributed by atoms with Gasteiger partial charge in [-0.15, -0.1) is 0 Å². The van der Waals surface area contributed by atoms with Gasteiger partial charge in [-0.3, -0.25) is 4.90 Å². The summed E-state index contributed by atoms with van der Waals surface area (Å²) in [6, 6.07) is 6.33. The Hall–Kier alpha value is -0.770. The van der Waals surface area contributed by atoms with Gasteiger partial charge in [0.2, 0.25) is 0 Å². The lowest BCUT2D eigenvalue weighted by molar-refractivity contribution is 0.193. The summed E-state index contributed by atoms with van der Waals surface area (Å²) in [5.41, 5.74) is 1.20. The summed E-state index contributed by atoms with van der Waals surface area (Å²) in [6.45, 7) is 4.45. The molecular weight excluding hydrogens is 272 g/mol. The van der Waals surface area contributed by atoms with Crippen LogP contribution in [-0.2, 0) is 6.54 Å². The molecular formula is C16H23ClN2O. The van der Waals surface area contributed by atoms with Gasteiger partial charge in [-0.05, 0) is 62.4 Å². The molecule has 1 saturated carbocycles. The molecule has 110 valence electrons. The first kappa shape index (κ1) is 14.2. The second kappa shape index (κ2) is 6.33. The molecule has 0 bridgehead atoms.